The zero-order chi connectivity index (χ0) is 25.6. The molecular formula is C19H20F3N5O. The molecule has 2 aromatic heterocycles. The third kappa shape index (κ3) is 3.78. The summed E-state index contributed by atoms with van der Waals surface area (Å²) < 4.78 is 84.8. The number of rotatable bonds is 4. The SMILES string of the molecule is [2H]C([2H])([2H])N(C(=O)Cn1cnc2c(Nc3c(C)cc(C(F)(F)F)cc3C)nccc21)C([2H])([2H])[2H]. The number of pyridine rings is 1. The van der Waals surface area contributed by atoms with Gasteiger partial charge in [0.15, 0.2) is 5.82 Å². The van der Waals surface area contributed by atoms with Crippen molar-refractivity contribution in [3.63, 3.8) is 0 Å². The zero-order valence-corrected chi connectivity index (χ0v) is 14.9. The van der Waals surface area contributed by atoms with Crippen LogP contribution >= 0.6 is 0 Å². The number of benzene rings is 1. The molecule has 0 radical (unpaired) electrons. The molecule has 2 heterocycles. The predicted octanol–water partition coefficient (Wildman–Crippen LogP) is 3.90. The quantitative estimate of drug-likeness (QED) is 0.725. The van der Waals surface area contributed by atoms with Crippen molar-refractivity contribution in [3.05, 3.63) is 47.4 Å². The number of aromatic nitrogens is 3. The molecule has 28 heavy (non-hydrogen) atoms. The van der Waals surface area contributed by atoms with Crippen LogP contribution in [0.1, 0.15) is 24.9 Å². The van der Waals surface area contributed by atoms with Crippen LogP contribution in [0.15, 0.2) is 30.7 Å². The minimum atomic E-state index is -4.49. The fraction of sp³-hybridized carbons (Fsp3) is 0.316. The number of halogens is 3. The average Bonchev–Trinajstić information content (AvgIpc) is 3.05. The largest absolute Gasteiger partial charge is 0.416 e. The molecule has 0 aliphatic rings. The number of fused-ring (bicyclic) bond motifs is 1. The van der Waals surface area contributed by atoms with Gasteiger partial charge in [-0.2, -0.15) is 13.2 Å². The lowest BCUT2D eigenvalue weighted by Gasteiger charge is -2.16. The van der Waals surface area contributed by atoms with Crippen LogP contribution < -0.4 is 5.32 Å². The van der Waals surface area contributed by atoms with E-state index in [0.29, 0.717) is 22.3 Å². The van der Waals surface area contributed by atoms with E-state index in [1.807, 2.05) is 0 Å². The van der Waals surface area contributed by atoms with E-state index in [2.05, 4.69) is 15.3 Å². The van der Waals surface area contributed by atoms with Gasteiger partial charge < -0.3 is 14.8 Å². The van der Waals surface area contributed by atoms with Crippen molar-refractivity contribution >= 4 is 28.4 Å². The number of alkyl halides is 3. The molecule has 0 bridgehead atoms. The average molecular weight is 397 g/mol. The third-order valence-electron chi connectivity index (χ3n) is 4.20. The summed E-state index contributed by atoms with van der Waals surface area (Å²) in [5.41, 5.74) is 0.857. The van der Waals surface area contributed by atoms with Gasteiger partial charge in [0.25, 0.3) is 0 Å². The van der Waals surface area contributed by atoms with Crippen molar-refractivity contribution in [2.75, 3.05) is 19.3 Å². The first kappa shape index (κ1) is 13.1. The number of carbonyl (C=O) groups is 1. The van der Waals surface area contributed by atoms with Crippen molar-refractivity contribution < 1.29 is 26.2 Å². The third-order valence-corrected chi connectivity index (χ3v) is 4.20. The number of hydrogen-bond acceptors (Lipinski definition) is 4. The smallest absolute Gasteiger partial charge is 0.347 e. The van der Waals surface area contributed by atoms with E-state index in [1.54, 1.807) is 0 Å². The van der Waals surface area contributed by atoms with E-state index in [4.69, 9.17) is 8.22 Å². The van der Waals surface area contributed by atoms with E-state index in [0.717, 1.165) is 12.1 Å². The number of amides is 1. The molecule has 6 nitrogen and oxygen atoms in total. The maximum Gasteiger partial charge on any atom is 0.416 e. The Morgan fingerprint density at radius 3 is 2.54 bits per heavy atom. The van der Waals surface area contributed by atoms with E-state index >= 15 is 0 Å². The van der Waals surface area contributed by atoms with Crippen LogP contribution in [0.5, 0.6) is 0 Å². The molecule has 0 atom stereocenters. The maximum atomic E-state index is 13.1. The molecule has 0 unspecified atom stereocenters. The molecule has 0 aliphatic carbocycles. The van der Waals surface area contributed by atoms with Gasteiger partial charge in [-0.3, -0.25) is 4.79 Å². The van der Waals surface area contributed by atoms with Crippen molar-refractivity contribution in [2.24, 2.45) is 0 Å². The second-order valence-electron chi connectivity index (χ2n) is 6.24. The molecule has 1 amide bonds. The lowest BCUT2D eigenvalue weighted by molar-refractivity contribution is -0.137. The highest BCUT2D eigenvalue weighted by Gasteiger charge is 2.31. The Bertz CT molecular complexity index is 1200. The normalized spacial score (nSPS) is 15.8. The first-order chi connectivity index (χ1) is 15.5. The summed E-state index contributed by atoms with van der Waals surface area (Å²) in [5, 5.41) is 2.97. The minimum absolute atomic E-state index is 0.138. The van der Waals surface area contributed by atoms with Crippen LogP contribution in [-0.4, -0.2) is 39.3 Å². The molecule has 1 N–H and O–H groups in total. The van der Waals surface area contributed by atoms with Crippen molar-refractivity contribution in [1.82, 2.24) is 19.4 Å². The number of nitrogens with zero attached hydrogens (tertiary/aromatic N) is 4. The van der Waals surface area contributed by atoms with Gasteiger partial charge in [0.05, 0.1) is 17.4 Å². The lowest BCUT2D eigenvalue weighted by Crippen LogP contribution is -2.25. The summed E-state index contributed by atoms with van der Waals surface area (Å²) >= 11 is 0. The Morgan fingerprint density at radius 2 is 1.93 bits per heavy atom. The highest BCUT2D eigenvalue weighted by Crippen LogP contribution is 2.35. The fourth-order valence-corrected chi connectivity index (χ4v) is 2.87. The first-order valence-electron chi connectivity index (χ1n) is 11.1. The lowest BCUT2D eigenvalue weighted by atomic mass is 10.0. The predicted molar refractivity (Wildman–Crippen MR) is 100 cm³/mol. The summed E-state index contributed by atoms with van der Waals surface area (Å²) in [6.45, 7) is -3.94. The van der Waals surface area contributed by atoms with Crippen molar-refractivity contribution in [2.45, 2.75) is 26.6 Å². The second-order valence-corrected chi connectivity index (χ2v) is 6.24. The van der Waals surface area contributed by atoms with Crippen LogP contribution in [0, 0.1) is 13.8 Å². The number of nitrogens with one attached hydrogen (secondary N) is 1. The molecule has 0 saturated carbocycles. The van der Waals surface area contributed by atoms with Crippen molar-refractivity contribution in [3.8, 4) is 0 Å². The fourth-order valence-electron chi connectivity index (χ4n) is 2.87. The van der Waals surface area contributed by atoms with Gasteiger partial charge in [0.2, 0.25) is 5.91 Å². The number of carbonyl (C=O) groups excluding carboxylic acids is 1. The van der Waals surface area contributed by atoms with E-state index in [1.165, 1.54) is 37.0 Å². The highest BCUT2D eigenvalue weighted by atomic mass is 19.4. The highest BCUT2D eigenvalue weighted by molar-refractivity contribution is 5.89. The topological polar surface area (TPSA) is 63.1 Å². The van der Waals surface area contributed by atoms with Gasteiger partial charge in [0, 0.05) is 34.1 Å². The van der Waals surface area contributed by atoms with Crippen LogP contribution in [0.3, 0.4) is 0 Å². The number of likely N-dealkylation sites (N-methyl/N-ethyl adjacent to an activating group) is 1. The van der Waals surface area contributed by atoms with Crippen LogP contribution in [0.25, 0.3) is 11.0 Å². The van der Waals surface area contributed by atoms with Crippen LogP contribution in [-0.2, 0) is 17.5 Å². The van der Waals surface area contributed by atoms with Gasteiger partial charge in [-0.05, 0) is 43.2 Å². The molecule has 1 aromatic carbocycles. The molecule has 0 saturated heterocycles. The van der Waals surface area contributed by atoms with Gasteiger partial charge in [-0.25, -0.2) is 9.97 Å². The number of imidazole rings is 1. The van der Waals surface area contributed by atoms with Gasteiger partial charge >= 0.3 is 6.18 Å². The summed E-state index contributed by atoms with van der Waals surface area (Å²) in [4.78, 5) is 20.8. The minimum Gasteiger partial charge on any atom is -0.347 e. The summed E-state index contributed by atoms with van der Waals surface area (Å²) in [6, 6.07) is 3.50. The molecule has 3 aromatic rings. The Hall–Kier alpha value is -3.10. The zero-order valence-electron chi connectivity index (χ0n) is 20.9. The van der Waals surface area contributed by atoms with Gasteiger partial charge in [0.1, 0.15) is 12.1 Å². The molecule has 0 fully saturated rings. The first-order valence-corrected chi connectivity index (χ1v) is 8.08. The summed E-state index contributed by atoms with van der Waals surface area (Å²) in [5.74, 6) is -0.974. The standard InChI is InChI=1S/C19H20F3N5O/c1-11-7-13(19(20,21)22)8-12(2)16(11)25-18-17-14(5-6-23-18)27(10-24-17)9-15(28)26(3)4/h5-8,10H,9H2,1-4H3,(H,23,25)/i3D3,4D3. The van der Waals surface area contributed by atoms with Crippen LogP contribution in [0.4, 0.5) is 24.7 Å². The van der Waals surface area contributed by atoms with E-state index in [-0.39, 0.29) is 16.2 Å². The Kier molecular flexibility index (Phi) is 3.35. The maximum absolute atomic E-state index is 13.1. The molecule has 9 heteroatoms. The summed E-state index contributed by atoms with van der Waals surface area (Å²) in [7, 11) is 0. The van der Waals surface area contributed by atoms with Gasteiger partial charge in [-0.1, -0.05) is 0 Å². The number of anilines is 2. The Morgan fingerprint density at radius 1 is 1.25 bits per heavy atom. The van der Waals surface area contributed by atoms with Gasteiger partial charge in [-0.15, -0.1) is 0 Å². The Balaban J connectivity index is 1.95. The number of hydrogen-bond donors (Lipinski definition) is 1. The number of aryl methyl sites for hydroxylation is 2. The van der Waals surface area contributed by atoms with E-state index in [9.17, 15) is 18.0 Å². The summed E-state index contributed by atoms with van der Waals surface area (Å²) in [6.07, 6.45) is -1.90. The monoisotopic (exact) mass is 397 g/mol. The molecule has 3 rings (SSSR count). The van der Waals surface area contributed by atoms with Crippen molar-refractivity contribution in [1.29, 1.82) is 0 Å². The second kappa shape index (κ2) is 7.14. The molecule has 148 valence electrons. The van der Waals surface area contributed by atoms with Crippen LogP contribution in [0.2, 0.25) is 0 Å². The Labute approximate surface area is 168 Å². The molecular weight excluding hydrogens is 371 g/mol. The molecule has 0 aliphatic heterocycles. The molecule has 0 spiro atoms. The van der Waals surface area contributed by atoms with E-state index < -0.39 is 38.1 Å².